The van der Waals surface area contributed by atoms with Crippen LogP contribution in [-0.2, 0) is 16.0 Å². The van der Waals surface area contributed by atoms with E-state index in [0.29, 0.717) is 17.9 Å². The van der Waals surface area contributed by atoms with Crippen LogP contribution in [0, 0.1) is 0 Å². The van der Waals surface area contributed by atoms with Crippen LogP contribution in [0.1, 0.15) is 48.6 Å². The normalized spacial score (nSPS) is 16.6. The molecule has 1 aromatic heterocycles. The third kappa shape index (κ3) is 4.00. The molecule has 2 heterocycles. The van der Waals surface area contributed by atoms with E-state index in [9.17, 15) is 9.59 Å². The number of benzene rings is 1. The minimum Gasteiger partial charge on any atom is -0.464 e. The van der Waals surface area contributed by atoms with Gasteiger partial charge in [-0.1, -0.05) is 29.3 Å². The lowest BCUT2D eigenvalue weighted by Gasteiger charge is -2.34. The topological polar surface area (TPSA) is 76.8 Å². The number of nitrogens with zero attached hydrogens (tertiary/aromatic N) is 4. The van der Waals surface area contributed by atoms with Gasteiger partial charge in [0.25, 0.3) is 5.91 Å². The average molecular weight is 449 g/mol. The number of carbonyl (C=O) groups excluding carboxylic acids is 2. The highest BCUT2D eigenvalue weighted by molar-refractivity contribution is 6.43. The van der Waals surface area contributed by atoms with Crippen LogP contribution >= 0.6 is 23.2 Å². The molecule has 1 aromatic carbocycles. The van der Waals surface area contributed by atoms with Gasteiger partial charge in [0.2, 0.25) is 0 Å². The van der Waals surface area contributed by atoms with E-state index < -0.39 is 17.9 Å². The van der Waals surface area contributed by atoms with E-state index in [0.717, 1.165) is 5.69 Å². The molecule has 9 heteroatoms. The van der Waals surface area contributed by atoms with Gasteiger partial charge in [-0.05, 0) is 39.0 Å². The summed E-state index contributed by atoms with van der Waals surface area (Å²) >= 11 is 12.3. The van der Waals surface area contributed by atoms with Crippen molar-refractivity contribution in [1.82, 2.24) is 14.5 Å². The third-order valence-corrected chi connectivity index (χ3v) is 5.60. The van der Waals surface area contributed by atoms with Gasteiger partial charge in [0.15, 0.2) is 6.04 Å². The van der Waals surface area contributed by atoms with Gasteiger partial charge < -0.3 is 9.64 Å². The molecule has 0 saturated carbocycles. The maximum atomic E-state index is 13.3. The molecule has 1 unspecified atom stereocenters. The number of halogens is 2. The van der Waals surface area contributed by atoms with Crippen LogP contribution in [0.4, 0.5) is 0 Å². The highest BCUT2D eigenvalue weighted by Gasteiger charge is 2.41. The zero-order valence-corrected chi connectivity index (χ0v) is 18.4. The van der Waals surface area contributed by atoms with Gasteiger partial charge in [-0.2, -0.15) is 0 Å². The Balaban J connectivity index is 2.07. The molecule has 158 valence electrons. The summed E-state index contributed by atoms with van der Waals surface area (Å²) in [5, 5.41) is 0.420. The van der Waals surface area contributed by atoms with E-state index in [4.69, 9.17) is 27.9 Å². The smallest absolute Gasteiger partial charge is 0.335 e. The molecule has 0 radical (unpaired) electrons. The maximum absolute atomic E-state index is 13.3. The zero-order chi connectivity index (χ0) is 21.8. The molecule has 1 atom stereocenters. The van der Waals surface area contributed by atoms with E-state index in [2.05, 4.69) is 9.98 Å². The van der Waals surface area contributed by atoms with Crippen LogP contribution in [0.5, 0.6) is 0 Å². The van der Waals surface area contributed by atoms with E-state index in [1.165, 1.54) is 4.90 Å². The Morgan fingerprint density at radius 1 is 1.33 bits per heavy atom. The molecule has 1 aliphatic rings. The van der Waals surface area contributed by atoms with Crippen LogP contribution in [0.25, 0.3) is 5.82 Å². The number of aromatic nitrogens is 2. The molecule has 0 fully saturated rings. The fourth-order valence-electron chi connectivity index (χ4n) is 3.48. The first kappa shape index (κ1) is 22.1. The summed E-state index contributed by atoms with van der Waals surface area (Å²) in [6.45, 7) is 5.89. The molecule has 1 amide bonds. The first-order valence-electron chi connectivity index (χ1n) is 9.57. The molecule has 1 aliphatic heterocycles. The molecule has 0 saturated heterocycles. The van der Waals surface area contributed by atoms with Crippen LogP contribution in [0.3, 0.4) is 0 Å². The molecule has 30 heavy (non-hydrogen) atoms. The molecule has 2 aromatic rings. The van der Waals surface area contributed by atoms with Crippen molar-refractivity contribution in [2.45, 2.75) is 33.2 Å². The van der Waals surface area contributed by atoms with E-state index in [-0.39, 0.29) is 28.8 Å². The minimum atomic E-state index is -0.985. The summed E-state index contributed by atoms with van der Waals surface area (Å²) in [4.78, 5) is 36.4. The van der Waals surface area contributed by atoms with Crippen molar-refractivity contribution in [3.8, 4) is 0 Å². The number of ether oxygens (including phenoxy) is 1. The molecular weight excluding hydrogens is 427 g/mol. The second-order valence-corrected chi connectivity index (χ2v) is 7.27. The van der Waals surface area contributed by atoms with Crippen molar-refractivity contribution in [1.29, 1.82) is 0 Å². The number of fused-ring (bicyclic) bond motifs is 1. The SMILES string of the molecule is C/C=N\C(=C/C)n1cnc2c1CCN(C(=O)c1cccc(Cl)c1Cl)C2C(=O)OCC. The highest BCUT2D eigenvalue weighted by atomic mass is 35.5. The van der Waals surface area contributed by atoms with Gasteiger partial charge >= 0.3 is 5.97 Å². The van der Waals surface area contributed by atoms with Crippen molar-refractivity contribution in [3.05, 3.63) is 57.6 Å². The van der Waals surface area contributed by atoms with Gasteiger partial charge in [0.1, 0.15) is 12.1 Å². The second kappa shape index (κ2) is 9.45. The summed E-state index contributed by atoms with van der Waals surface area (Å²) in [6, 6.07) is 3.85. The first-order valence-corrected chi connectivity index (χ1v) is 10.3. The summed E-state index contributed by atoms with van der Waals surface area (Å²) < 4.78 is 7.10. The van der Waals surface area contributed by atoms with Crippen molar-refractivity contribution in [3.63, 3.8) is 0 Å². The lowest BCUT2D eigenvalue weighted by molar-refractivity contribution is -0.149. The number of amides is 1. The van der Waals surface area contributed by atoms with E-state index in [1.54, 1.807) is 37.7 Å². The molecule has 0 bridgehead atoms. The molecule has 7 nitrogen and oxygen atoms in total. The predicted octanol–water partition coefficient (Wildman–Crippen LogP) is 4.40. The van der Waals surface area contributed by atoms with Crippen LogP contribution < -0.4 is 0 Å². The zero-order valence-electron chi connectivity index (χ0n) is 16.9. The minimum absolute atomic E-state index is 0.150. The molecule has 0 N–H and O–H groups in total. The third-order valence-electron chi connectivity index (χ3n) is 4.78. The molecule has 0 spiro atoms. The maximum Gasteiger partial charge on any atom is 0.335 e. The number of allylic oxidation sites excluding steroid dienone is 1. The Bertz CT molecular complexity index is 1030. The lowest BCUT2D eigenvalue weighted by Crippen LogP contribution is -2.44. The summed E-state index contributed by atoms with van der Waals surface area (Å²) in [5.74, 6) is -0.263. The van der Waals surface area contributed by atoms with Crippen LogP contribution in [0.15, 0.2) is 35.6 Å². The molecular formula is C21H22Cl2N4O3. The van der Waals surface area contributed by atoms with Gasteiger partial charge in [-0.25, -0.2) is 14.8 Å². The van der Waals surface area contributed by atoms with Gasteiger partial charge in [-0.15, -0.1) is 0 Å². The number of hydrogen-bond acceptors (Lipinski definition) is 5. The Hall–Kier alpha value is -2.64. The van der Waals surface area contributed by atoms with Gasteiger partial charge in [0.05, 0.1) is 33.6 Å². The number of rotatable bonds is 5. The van der Waals surface area contributed by atoms with Crippen molar-refractivity contribution in [2.75, 3.05) is 13.2 Å². The highest BCUT2D eigenvalue weighted by Crippen LogP contribution is 2.34. The quantitative estimate of drug-likeness (QED) is 0.501. The second-order valence-electron chi connectivity index (χ2n) is 6.49. The molecule has 0 aliphatic carbocycles. The Labute approximate surface area is 185 Å². The summed E-state index contributed by atoms with van der Waals surface area (Å²) in [7, 11) is 0. The fourth-order valence-corrected chi connectivity index (χ4v) is 3.86. The van der Waals surface area contributed by atoms with Gasteiger partial charge in [-0.3, -0.25) is 9.36 Å². The summed E-state index contributed by atoms with van der Waals surface area (Å²) in [5.41, 5.74) is 1.51. The number of imidazole rings is 1. The number of carbonyl (C=O) groups is 2. The first-order chi connectivity index (χ1) is 14.4. The number of hydrogen-bond donors (Lipinski definition) is 0. The van der Waals surface area contributed by atoms with Crippen molar-refractivity contribution >= 4 is 47.1 Å². The Morgan fingerprint density at radius 2 is 2.10 bits per heavy atom. The Morgan fingerprint density at radius 3 is 2.77 bits per heavy atom. The van der Waals surface area contributed by atoms with Crippen LogP contribution in [-0.4, -0.2) is 45.7 Å². The van der Waals surface area contributed by atoms with Crippen LogP contribution in [0.2, 0.25) is 10.0 Å². The standard InChI is InChI=1S/C21H22Cl2N4O3/c1-4-16(24-5-2)27-12-25-18-15(27)10-11-26(19(18)21(29)30-6-3)20(28)13-8-7-9-14(22)17(13)23/h4-5,7-9,12,19H,6,10-11H2,1-3H3/b16-4+,24-5-. The van der Waals surface area contributed by atoms with Crippen molar-refractivity contribution < 1.29 is 14.3 Å². The van der Waals surface area contributed by atoms with E-state index >= 15 is 0 Å². The number of esters is 1. The largest absolute Gasteiger partial charge is 0.464 e. The van der Waals surface area contributed by atoms with Crippen molar-refractivity contribution in [2.24, 2.45) is 4.99 Å². The predicted molar refractivity (Wildman–Crippen MR) is 117 cm³/mol. The average Bonchev–Trinajstić information content (AvgIpc) is 3.16. The fraction of sp³-hybridized carbons (Fsp3) is 0.333. The summed E-state index contributed by atoms with van der Waals surface area (Å²) in [6.07, 6.45) is 5.64. The number of aliphatic imine (C=N–C) groups is 1. The van der Waals surface area contributed by atoms with Gasteiger partial charge in [0, 0.05) is 19.2 Å². The molecule has 3 rings (SSSR count). The monoisotopic (exact) mass is 448 g/mol. The lowest BCUT2D eigenvalue weighted by atomic mass is 10.0. The van der Waals surface area contributed by atoms with E-state index in [1.807, 2.05) is 24.5 Å². The Kier molecular flexibility index (Phi) is 6.95.